The number of nitrogens with zero attached hydrogens (tertiary/aromatic N) is 5. The molecule has 144 valence electrons. The van der Waals surface area contributed by atoms with Gasteiger partial charge in [-0.15, -0.1) is 0 Å². The lowest BCUT2D eigenvalue weighted by Crippen LogP contribution is -2.61. The zero-order valence-electron chi connectivity index (χ0n) is 16.0. The molecule has 1 aromatic heterocycles. The normalized spacial score (nSPS) is 17.2. The van der Waals surface area contributed by atoms with E-state index in [0.29, 0.717) is 26.1 Å². The maximum absolute atomic E-state index is 12.7. The number of carbonyl (C=O) groups excluding carboxylic acids is 3. The van der Waals surface area contributed by atoms with Crippen LogP contribution in [0.2, 0.25) is 0 Å². The zero-order chi connectivity index (χ0) is 19.6. The van der Waals surface area contributed by atoms with E-state index in [2.05, 4.69) is 5.10 Å². The summed E-state index contributed by atoms with van der Waals surface area (Å²) in [5.41, 5.74) is 0.993. The van der Waals surface area contributed by atoms with Gasteiger partial charge in [-0.1, -0.05) is 18.2 Å². The molecule has 1 saturated heterocycles. The van der Waals surface area contributed by atoms with Crippen LogP contribution in [0, 0.1) is 0 Å². The average molecular weight is 371 g/mol. The van der Waals surface area contributed by atoms with Crippen molar-refractivity contribution in [3.63, 3.8) is 0 Å². The highest BCUT2D eigenvalue weighted by Crippen LogP contribution is 2.16. The van der Waals surface area contributed by atoms with Crippen LogP contribution in [0.25, 0.3) is 10.9 Å². The van der Waals surface area contributed by atoms with E-state index in [1.807, 2.05) is 28.9 Å². The minimum absolute atomic E-state index is 0.0330. The second-order valence-electron chi connectivity index (χ2n) is 6.98. The number of aromatic nitrogens is 2. The fourth-order valence-electron chi connectivity index (χ4n) is 3.46. The van der Waals surface area contributed by atoms with Gasteiger partial charge in [-0.3, -0.25) is 19.1 Å². The summed E-state index contributed by atoms with van der Waals surface area (Å²) >= 11 is 0. The van der Waals surface area contributed by atoms with Crippen LogP contribution in [0.3, 0.4) is 0 Å². The van der Waals surface area contributed by atoms with Crippen molar-refractivity contribution in [1.29, 1.82) is 0 Å². The number of fused-ring (bicyclic) bond motifs is 1. The van der Waals surface area contributed by atoms with Gasteiger partial charge >= 0.3 is 0 Å². The molecule has 3 rings (SSSR count). The first-order valence-corrected chi connectivity index (χ1v) is 9.05. The monoisotopic (exact) mass is 371 g/mol. The molecule has 8 nitrogen and oxygen atoms in total. The average Bonchev–Trinajstić information content (AvgIpc) is 3.08. The Balaban J connectivity index is 1.66. The molecule has 1 atom stereocenters. The largest absolute Gasteiger partial charge is 0.347 e. The lowest BCUT2D eigenvalue weighted by Gasteiger charge is -2.41. The molecule has 1 fully saturated rings. The van der Waals surface area contributed by atoms with Crippen LogP contribution in [0.5, 0.6) is 0 Å². The summed E-state index contributed by atoms with van der Waals surface area (Å²) in [6.07, 6.45) is 2.09. The van der Waals surface area contributed by atoms with Crippen LogP contribution < -0.4 is 0 Å². The van der Waals surface area contributed by atoms with Gasteiger partial charge in [0.2, 0.25) is 17.7 Å². The third-order valence-corrected chi connectivity index (χ3v) is 4.95. The zero-order valence-corrected chi connectivity index (χ0v) is 16.0. The Morgan fingerprint density at radius 3 is 2.63 bits per heavy atom. The topological polar surface area (TPSA) is 78.8 Å². The van der Waals surface area contributed by atoms with Gasteiger partial charge in [-0.2, -0.15) is 5.10 Å². The fourth-order valence-corrected chi connectivity index (χ4v) is 3.46. The minimum atomic E-state index is -0.624. The Morgan fingerprint density at radius 2 is 1.93 bits per heavy atom. The van der Waals surface area contributed by atoms with Gasteiger partial charge in [0.15, 0.2) is 0 Å². The second-order valence-corrected chi connectivity index (χ2v) is 6.98. The van der Waals surface area contributed by atoms with E-state index in [0.717, 1.165) is 10.9 Å². The molecule has 0 spiro atoms. The first kappa shape index (κ1) is 18.9. The quantitative estimate of drug-likeness (QED) is 0.787. The van der Waals surface area contributed by atoms with E-state index in [1.54, 1.807) is 30.1 Å². The van der Waals surface area contributed by atoms with Crippen LogP contribution in [0.1, 0.15) is 13.3 Å². The summed E-state index contributed by atoms with van der Waals surface area (Å²) in [5.74, 6) is -0.347. The number of hydrogen-bond acceptors (Lipinski definition) is 4. The molecule has 0 radical (unpaired) electrons. The van der Waals surface area contributed by atoms with Crippen molar-refractivity contribution in [3.05, 3.63) is 30.5 Å². The number of likely N-dealkylation sites (N-methyl/N-ethyl adjacent to an activating group) is 1. The highest BCUT2D eigenvalue weighted by atomic mass is 16.2. The van der Waals surface area contributed by atoms with Crippen LogP contribution in [-0.4, -0.2) is 82.0 Å². The van der Waals surface area contributed by atoms with E-state index in [1.165, 1.54) is 11.8 Å². The molecule has 8 heteroatoms. The Morgan fingerprint density at radius 1 is 1.19 bits per heavy atom. The van der Waals surface area contributed by atoms with E-state index in [9.17, 15) is 14.4 Å². The summed E-state index contributed by atoms with van der Waals surface area (Å²) in [6.45, 7) is 2.97. The van der Waals surface area contributed by atoms with Gasteiger partial charge in [0.05, 0.1) is 24.8 Å². The van der Waals surface area contributed by atoms with Crippen molar-refractivity contribution >= 4 is 28.6 Å². The first-order valence-electron chi connectivity index (χ1n) is 9.05. The highest BCUT2D eigenvalue weighted by Gasteiger charge is 2.36. The summed E-state index contributed by atoms with van der Waals surface area (Å²) in [4.78, 5) is 41.7. The SMILES string of the molecule is CC(=O)N1CCN(C(=O)CCn2ncc3ccccc32)C[C@H]1C(=O)N(C)C. The van der Waals surface area contributed by atoms with Crippen molar-refractivity contribution in [3.8, 4) is 0 Å². The predicted molar refractivity (Wildman–Crippen MR) is 101 cm³/mol. The lowest BCUT2D eigenvalue weighted by atomic mass is 10.1. The summed E-state index contributed by atoms with van der Waals surface area (Å²) in [7, 11) is 3.31. The number of piperazine rings is 1. The van der Waals surface area contributed by atoms with Crippen LogP contribution >= 0.6 is 0 Å². The third kappa shape index (κ3) is 3.94. The molecule has 0 unspecified atom stereocenters. The maximum atomic E-state index is 12.7. The molecule has 1 aliphatic heterocycles. The summed E-state index contributed by atoms with van der Waals surface area (Å²) in [6, 6.07) is 7.24. The van der Waals surface area contributed by atoms with Gasteiger partial charge in [-0.25, -0.2) is 0 Å². The molecular weight excluding hydrogens is 346 g/mol. The van der Waals surface area contributed by atoms with Gasteiger partial charge in [0.25, 0.3) is 0 Å². The van der Waals surface area contributed by atoms with Crippen molar-refractivity contribution in [2.45, 2.75) is 25.9 Å². The lowest BCUT2D eigenvalue weighted by molar-refractivity contribution is -0.150. The molecular formula is C19H25N5O3. The molecule has 1 aliphatic rings. The number of para-hydroxylation sites is 1. The van der Waals surface area contributed by atoms with Crippen LogP contribution in [0.4, 0.5) is 0 Å². The van der Waals surface area contributed by atoms with Crippen molar-refractivity contribution in [1.82, 2.24) is 24.5 Å². The Bertz CT molecular complexity index is 860. The minimum Gasteiger partial charge on any atom is -0.347 e. The van der Waals surface area contributed by atoms with E-state index in [4.69, 9.17) is 0 Å². The Kier molecular flexibility index (Phi) is 5.43. The van der Waals surface area contributed by atoms with Gasteiger partial charge in [-0.05, 0) is 6.07 Å². The van der Waals surface area contributed by atoms with E-state index < -0.39 is 6.04 Å². The van der Waals surface area contributed by atoms with E-state index >= 15 is 0 Å². The number of aryl methyl sites for hydroxylation is 1. The number of rotatable bonds is 4. The van der Waals surface area contributed by atoms with E-state index in [-0.39, 0.29) is 24.3 Å². The van der Waals surface area contributed by atoms with Crippen molar-refractivity contribution in [2.75, 3.05) is 33.7 Å². The number of benzene rings is 1. The predicted octanol–water partition coefficient (Wildman–Crippen LogP) is 0.574. The maximum Gasteiger partial charge on any atom is 0.246 e. The highest BCUT2D eigenvalue weighted by molar-refractivity contribution is 5.88. The number of hydrogen-bond donors (Lipinski definition) is 0. The Hall–Kier alpha value is -2.90. The fraction of sp³-hybridized carbons (Fsp3) is 0.474. The molecule has 2 heterocycles. The van der Waals surface area contributed by atoms with Gasteiger partial charge in [0.1, 0.15) is 6.04 Å². The summed E-state index contributed by atoms with van der Waals surface area (Å²) in [5, 5.41) is 5.38. The molecule has 3 amide bonds. The van der Waals surface area contributed by atoms with Gasteiger partial charge < -0.3 is 14.7 Å². The van der Waals surface area contributed by atoms with Crippen LogP contribution in [0.15, 0.2) is 30.5 Å². The number of carbonyl (C=O) groups is 3. The molecule has 0 N–H and O–H groups in total. The second kappa shape index (κ2) is 7.77. The Labute approximate surface area is 158 Å². The standard InChI is InChI=1S/C19H25N5O3/c1-14(25)23-11-10-22(13-17(23)19(27)21(2)3)18(26)8-9-24-16-7-5-4-6-15(16)12-20-24/h4-7,12,17H,8-11,13H2,1-3H3/t17-/m0/s1. The molecule has 0 saturated carbocycles. The third-order valence-electron chi connectivity index (χ3n) is 4.95. The van der Waals surface area contributed by atoms with Crippen LogP contribution in [-0.2, 0) is 20.9 Å². The van der Waals surface area contributed by atoms with Crippen molar-refractivity contribution < 1.29 is 14.4 Å². The first-order chi connectivity index (χ1) is 12.9. The number of amides is 3. The van der Waals surface area contributed by atoms with Crippen molar-refractivity contribution in [2.24, 2.45) is 0 Å². The molecule has 2 aromatic rings. The molecule has 0 aliphatic carbocycles. The molecule has 0 bridgehead atoms. The smallest absolute Gasteiger partial charge is 0.246 e. The molecule has 1 aromatic carbocycles. The summed E-state index contributed by atoms with van der Waals surface area (Å²) < 4.78 is 1.82. The molecule has 27 heavy (non-hydrogen) atoms. The van der Waals surface area contributed by atoms with Gasteiger partial charge in [0, 0.05) is 45.9 Å².